The first-order valence-corrected chi connectivity index (χ1v) is 18.5. The molecule has 0 aromatic heterocycles. The fourth-order valence-electron chi connectivity index (χ4n) is 3.44. The third-order valence-electron chi connectivity index (χ3n) is 4.55. The highest BCUT2D eigenvalue weighted by Crippen LogP contribution is 3.21. The average Bonchev–Trinajstić information content (AvgIpc) is 3.13. The molecule has 4 nitrogen and oxygen atoms in total. The topological polar surface area (TPSA) is 40.0 Å². The molecule has 0 N–H and O–H groups in total. The zero-order chi connectivity index (χ0) is 17.5. The number of aliphatic imine (C=N–C) groups is 1. The van der Waals surface area contributed by atoms with Gasteiger partial charge in [0.2, 0.25) is 0 Å². The van der Waals surface area contributed by atoms with Gasteiger partial charge in [-0.2, -0.15) is 0 Å². The van der Waals surface area contributed by atoms with Crippen molar-refractivity contribution in [3.8, 4) is 0 Å². The summed E-state index contributed by atoms with van der Waals surface area (Å²) in [4.78, 5) is 5.96. The number of nitrogens with zero attached hydrogens (tertiary/aromatic N) is 1. The van der Waals surface area contributed by atoms with E-state index in [0.717, 1.165) is 12.1 Å². The molecule has 0 saturated carbocycles. The van der Waals surface area contributed by atoms with Gasteiger partial charge in [0.05, 0.1) is 16.1 Å². The van der Waals surface area contributed by atoms with E-state index in [1.165, 1.54) is 4.90 Å². The number of hydrogen-bond donors (Lipinski definition) is 1. The van der Waals surface area contributed by atoms with Gasteiger partial charge in [-0.3, -0.25) is 0 Å². The molecule has 11 heteroatoms. The SMILES string of the molecule is CCC([Si](OC)(OC)OC)S12(S)(C=Nc3ccccc31)SSSS2. The van der Waals surface area contributed by atoms with Crippen molar-refractivity contribution in [2.45, 2.75) is 23.1 Å². The summed E-state index contributed by atoms with van der Waals surface area (Å²) in [6.45, 7) is 2.16. The summed E-state index contributed by atoms with van der Waals surface area (Å²) in [6, 6.07) is 8.30. The summed E-state index contributed by atoms with van der Waals surface area (Å²) in [6.07, 6.45) is 0.828. The Balaban J connectivity index is 2.37. The Bertz CT molecular complexity index is 686. The summed E-state index contributed by atoms with van der Waals surface area (Å²) in [5, 5.41) is -3.39. The molecule has 2 heterocycles. The van der Waals surface area contributed by atoms with Crippen LogP contribution in [0.25, 0.3) is 0 Å². The molecule has 0 radical (unpaired) electrons. The van der Waals surface area contributed by atoms with E-state index in [2.05, 4.69) is 30.7 Å². The predicted molar refractivity (Wildman–Crippen MR) is 121 cm³/mol. The second kappa shape index (κ2) is 6.32. The highest BCUT2D eigenvalue weighted by Gasteiger charge is 2.77. The monoisotopic (exact) mass is 459 g/mol. The lowest BCUT2D eigenvalue weighted by atomic mass is 10.3. The maximum absolute atomic E-state index is 5.93. The van der Waals surface area contributed by atoms with Gasteiger partial charge >= 0.3 is 8.80 Å². The van der Waals surface area contributed by atoms with Crippen molar-refractivity contribution in [1.82, 2.24) is 0 Å². The van der Waals surface area contributed by atoms with E-state index in [1.54, 1.807) is 41.0 Å². The molecule has 0 aliphatic carbocycles. The Hall–Kier alpha value is 1.09. The smallest absolute Gasteiger partial charge is 0.376 e. The number of rotatable bonds is 6. The predicted octanol–water partition coefficient (Wildman–Crippen LogP) is 6.16. The summed E-state index contributed by atoms with van der Waals surface area (Å²) in [5.74, 6) is 0. The van der Waals surface area contributed by atoms with Crippen LogP contribution in [0.1, 0.15) is 13.3 Å². The minimum Gasteiger partial charge on any atom is -0.376 e. The Morgan fingerprint density at radius 3 is 2.25 bits per heavy atom. The van der Waals surface area contributed by atoms with Crippen molar-refractivity contribution in [3.05, 3.63) is 24.3 Å². The molecule has 2 aliphatic heterocycles. The Morgan fingerprint density at radius 2 is 1.71 bits per heavy atom. The number of benzene rings is 1. The lowest BCUT2D eigenvalue weighted by Gasteiger charge is -2.70. The average molecular weight is 460 g/mol. The molecular formula is C13H21NO3S6Si. The number of thiol groups is 1. The van der Waals surface area contributed by atoms with Gasteiger partial charge in [-0.1, -0.05) is 24.4 Å². The second-order valence-corrected chi connectivity index (χ2v) is 30.6. The van der Waals surface area contributed by atoms with E-state index >= 15 is 0 Å². The van der Waals surface area contributed by atoms with E-state index in [0.29, 0.717) is 0 Å². The lowest BCUT2D eigenvalue weighted by Crippen LogP contribution is -2.60. The first-order valence-electron chi connectivity index (χ1n) is 7.24. The molecule has 24 heavy (non-hydrogen) atoms. The lowest BCUT2D eigenvalue weighted by molar-refractivity contribution is 0.121. The van der Waals surface area contributed by atoms with Crippen LogP contribution in [-0.4, -0.2) is 40.6 Å². The molecule has 1 aromatic carbocycles. The summed E-state index contributed by atoms with van der Waals surface area (Å²) in [7, 11) is 9.21. The molecule has 0 bridgehead atoms. The van der Waals surface area contributed by atoms with Crippen LogP contribution in [-0.2, 0) is 13.3 Å². The Labute approximate surface area is 162 Å². The minimum absolute atomic E-state index is 0.0225. The van der Waals surface area contributed by atoms with Gasteiger partial charge in [0.1, 0.15) is 0 Å². The zero-order valence-electron chi connectivity index (χ0n) is 13.8. The Kier molecular flexibility index (Phi) is 5.22. The standard InChI is InChI=1S/C13H21NO3S6Si/c1-5-13(24(15-2,16-3)17-4)23(18,21-19-20-22-23)10-14-11-8-6-7-9-12(11)23/h6-10,13,18H,5H2,1-4H3. The van der Waals surface area contributed by atoms with Crippen LogP contribution in [0.4, 0.5) is 5.69 Å². The van der Waals surface area contributed by atoms with Crippen LogP contribution in [0.3, 0.4) is 0 Å². The second-order valence-electron chi connectivity index (χ2n) is 5.53. The Morgan fingerprint density at radius 1 is 1.12 bits per heavy atom. The summed E-state index contributed by atoms with van der Waals surface area (Å²) >= 11 is 5.58. The number of para-hydroxylation sites is 1. The van der Waals surface area contributed by atoms with Gasteiger partial charge in [-0.05, 0) is 57.9 Å². The van der Waals surface area contributed by atoms with Crippen LogP contribution in [0.2, 0.25) is 0 Å². The molecule has 0 amide bonds. The van der Waals surface area contributed by atoms with Crippen molar-refractivity contribution in [2.75, 3.05) is 21.3 Å². The number of hydrogen-bond acceptors (Lipinski definition) is 9. The van der Waals surface area contributed by atoms with Crippen LogP contribution < -0.4 is 0 Å². The molecule has 1 fully saturated rings. The molecule has 2 aliphatic rings. The minimum atomic E-state index is -3.39. The molecule has 1 aromatic rings. The molecule has 136 valence electrons. The quantitative estimate of drug-likeness (QED) is 0.310. The third-order valence-corrected chi connectivity index (χ3v) is 41.9. The van der Waals surface area contributed by atoms with Crippen molar-refractivity contribution in [2.24, 2.45) is 4.99 Å². The van der Waals surface area contributed by atoms with Crippen LogP contribution in [0.5, 0.6) is 0 Å². The maximum Gasteiger partial charge on any atom is 0.513 e. The van der Waals surface area contributed by atoms with Crippen molar-refractivity contribution >= 4 is 76.4 Å². The molecule has 3 rings (SSSR count). The molecular weight excluding hydrogens is 439 g/mol. The van der Waals surface area contributed by atoms with Gasteiger partial charge in [0.15, 0.2) is 0 Å². The van der Waals surface area contributed by atoms with Crippen molar-refractivity contribution in [3.63, 3.8) is 0 Å². The van der Waals surface area contributed by atoms with Gasteiger partial charge in [-0.15, -0.1) is 11.7 Å². The van der Waals surface area contributed by atoms with Gasteiger partial charge < -0.3 is 13.3 Å². The first kappa shape index (κ1) is 19.8. The van der Waals surface area contributed by atoms with E-state index in [4.69, 9.17) is 29.9 Å². The normalized spacial score (nSPS) is 27.0. The molecule has 1 saturated heterocycles. The van der Waals surface area contributed by atoms with Gasteiger partial charge in [-0.25, -0.2) is 4.99 Å². The first-order chi connectivity index (χ1) is 11.4. The highest BCUT2D eigenvalue weighted by molar-refractivity contribution is 9.87. The fourth-order valence-corrected chi connectivity index (χ4v) is 52.9. The van der Waals surface area contributed by atoms with Crippen LogP contribution in [0, 0.1) is 0 Å². The van der Waals surface area contributed by atoms with E-state index in [-0.39, 0.29) is 4.87 Å². The maximum atomic E-state index is 5.93. The van der Waals surface area contributed by atoms with Gasteiger partial charge in [0, 0.05) is 26.2 Å². The van der Waals surface area contributed by atoms with E-state index < -0.39 is 14.2 Å². The molecule has 1 unspecified atom stereocenters. The zero-order valence-corrected chi connectivity index (χ0v) is 19.8. The highest BCUT2D eigenvalue weighted by atomic mass is 34.2. The largest absolute Gasteiger partial charge is 0.513 e. The van der Waals surface area contributed by atoms with E-state index in [1.807, 2.05) is 25.7 Å². The van der Waals surface area contributed by atoms with Crippen molar-refractivity contribution < 1.29 is 13.3 Å². The van der Waals surface area contributed by atoms with Gasteiger partial charge in [0.25, 0.3) is 0 Å². The van der Waals surface area contributed by atoms with Crippen LogP contribution >= 0.6 is 56.4 Å². The van der Waals surface area contributed by atoms with E-state index in [9.17, 15) is 0 Å². The molecule has 1 atom stereocenters. The summed E-state index contributed by atoms with van der Waals surface area (Å²) in [5.41, 5.74) is 3.09. The number of fused-ring (bicyclic) bond motifs is 2. The molecule has 1 spiro atoms. The van der Waals surface area contributed by atoms with Crippen LogP contribution in [0.15, 0.2) is 34.2 Å². The van der Waals surface area contributed by atoms with Crippen molar-refractivity contribution in [1.29, 1.82) is 0 Å². The third kappa shape index (κ3) is 2.29. The fraction of sp³-hybridized carbons (Fsp3) is 0.462. The summed E-state index contributed by atoms with van der Waals surface area (Å²) < 4.78 is 17.8.